The summed E-state index contributed by atoms with van der Waals surface area (Å²) in [6.07, 6.45) is 0. The predicted octanol–water partition coefficient (Wildman–Crippen LogP) is 7.72. The van der Waals surface area contributed by atoms with Gasteiger partial charge in [-0.1, -0.05) is 63.1 Å². The summed E-state index contributed by atoms with van der Waals surface area (Å²) < 4.78 is 0. The lowest BCUT2D eigenvalue weighted by atomic mass is 10.2. The minimum absolute atomic E-state index is 0.720. The Bertz CT molecular complexity index is 582. The zero-order chi connectivity index (χ0) is 18.4. The van der Waals surface area contributed by atoms with E-state index in [1.54, 1.807) is 0 Å². The molecule has 0 radical (unpaired) electrons. The zero-order valence-electron chi connectivity index (χ0n) is 16.4. The first-order chi connectivity index (χ1) is 11.8. The van der Waals surface area contributed by atoms with Crippen LogP contribution in [0.3, 0.4) is 0 Å². The van der Waals surface area contributed by atoms with Gasteiger partial charge in [-0.15, -0.1) is 23.5 Å². The second-order valence-electron chi connectivity index (χ2n) is 7.25. The van der Waals surface area contributed by atoms with Crippen molar-refractivity contribution in [3.05, 3.63) is 59.7 Å². The third kappa shape index (κ3) is 5.74. The van der Waals surface area contributed by atoms with Crippen LogP contribution < -0.4 is 0 Å². The lowest BCUT2D eigenvalue weighted by Gasteiger charge is -2.47. The third-order valence-electron chi connectivity index (χ3n) is 4.81. The average molecular weight is 393 g/mol. The fourth-order valence-electron chi connectivity index (χ4n) is 2.75. The van der Waals surface area contributed by atoms with Crippen LogP contribution in [-0.2, 0) is 0 Å². The number of aryl methyl sites for hydroxylation is 2. The van der Waals surface area contributed by atoms with Crippen LogP contribution in [0.5, 0.6) is 0 Å². The van der Waals surface area contributed by atoms with Gasteiger partial charge in [-0.25, -0.2) is 10.0 Å². The van der Waals surface area contributed by atoms with Crippen molar-refractivity contribution in [2.24, 2.45) is 0 Å². The summed E-state index contributed by atoms with van der Waals surface area (Å²) in [5, 5.41) is 3.99. The Balaban J connectivity index is 2.12. The van der Waals surface area contributed by atoms with E-state index in [4.69, 9.17) is 0 Å². The monoisotopic (exact) mass is 392 g/mol. The van der Waals surface area contributed by atoms with Gasteiger partial charge in [-0.2, -0.15) is 0 Å². The van der Waals surface area contributed by atoms with Crippen molar-refractivity contribution in [1.82, 2.24) is 0 Å². The molecule has 0 amide bonds. The minimum Gasteiger partial charge on any atom is -0.218 e. The van der Waals surface area contributed by atoms with Gasteiger partial charge in [0.2, 0.25) is 0 Å². The molecule has 0 aromatic heterocycles. The Labute approximate surface area is 164 Å². The molecule has 0 nitrogen and oxygen atoms in total. The van der Waals surface area contributed by atoms with E-state index < -0.39 is 10.0 Å². The van der Waals surface area contributed by atoms with Gasteiger partial charge in [0.1, 0.15) is 0 Å². The second-order valence-corrected chi connectivity index (χ2v) is 14.6. The topological polar surface area (TPSA) is 0 Å². The highest BCUT2D eigenvalue weighted by molar-refractivity contribution is 8.44. The molecule has 0 N–H and O–H groups in total. The van der Waals surface area contributed by atoms with Crippen LogP contribution in [0.1, 0.15) is 38.8 Å². The van der Waals surface area contributed by atoms with Gasteiger partial charge < -0.3 is 0 Å². The SMILES string of the molecule is Cc1ccc(SCS(CSc2ccc(C)cc2)(C(C)C)C(C)C)cc1. The molecule has 0 saturated carbocycles. The number of hydrogen-bond donors (Lipinski definition) is 0. The van der Waals surface area contributed by atoms with E-state index >= 15 is 0 Å². The maximum Gasteiger partial charge on any atom is 0.0294 e. The fraction of sp³-hybridized carbons (Fsp3) is 0.455. The molecule has 0 saturated heterocycles. The minimum atomic E-state index is -0.720. The molecule has 0 aliphatic heterocycles. The highest BCUT2D eigenvalue weighted by atomic mass is 32.3. The molecule has 0 aliphatic carbocycles. The van der Waals surface area contributed by atoms with Crippen LogP contribution in [0.2, 0.25) is 0 Å². The van der Waals surface area contributed by atoms with E-state index in [0.717, 1.165) is 10.5 Å². The van der Waals surface area contributed by atoms with Crippen LogP contribution >= 0.6 is 33.6 Å². The molecule has 2 aromatic carbocycles. The highest BCUT2D eigenvalue weighted by Crippen LogP contribution is 2.61. The zero-order valence-corrected chi connectivity index (χ0v) is 18.9. The maximum atomic E-state index is 2.43. The van der Waals surface area contributed by atoms with Crippen molar-refractivity contribution in [3.8, 4) is 0 Å². The van der Waals surface area contributed by atoms with Gasteiger partial charge >= 0.3 is 0 Å². The van der Waals surface area contributed by atoms with E-state index in [-0.39, 0.29) is 0 Å². The lowest BCUT2D eigenvalue weighted by Crippen LogP contribution is -2.25. The van der Waals surface area contributed by atoms with Crippen molar-refractivity contribution in [2.75, 3.05) is 10.2 Å². The molecule has 0 fully saturated rings. The van der Waals surface area contributed by atoms with Crippen LogP contribution in [0.25, 0.3) is 0 Å². The first-order valence-electron chi connectivity index (χ1n) is 8.99. The molecule has 0 unspecified atom stereocenters. The van der Waals surface area contributed by atoms with Gasteiger partial charge in [0.25, 0.3) is 0 Å². The summed E-state index contributed by atoms with van der Waals surface area (Å²) in [6.45, 7) is 14.0. The Morgan fingerprint density at radius 2 is 0.960 bits per heavy atom. The predicted molar refractivity (Wildman–Crippen MR) is 122 cm³/mol. The van der Waals surface area contributed by atoms with E-state index in [2.05, 4.69) is 114 Å². The van der Waals surface area contributed by atoms with E-state index in [1.165, 1.54) is 31.1 Å². The molecular weight excluding hydrogens is 360 g/mol. The molecule has 3 heteroatoms. The largest absolute Gasteiger partial charge is 0.218 e. The average Bonchev–Trinajstić information content (AvgIpc) is 2.57. The van der Waals surface area contributed by atoms with Crippen molar-refractivity contribution < 1.29 is 0 Å². The molecule has 0 bridgehead atoms. The molecule has 0 atom stereocenters. The summed E-state index contributed by atoms with van der Waals surface area (Å²) in [5.41, 5.74) is 2.68. The first kappa shape index (κ1) is 20.8. The van der Waals surface area contributed by atoms with Crippen LogP contribution in [0.4, 0.5) is 0 Å². The molecule has 0 heterocycles. The van der Waals surface area contributed by atoms with Crippen molar-refractivity contribution in [1.29, 1.82) is 0 Å². The van der Waals surface area contributed by atoms with Crippen molar-refractivity contribution >= 4 is 33.6 Å². The fourth-order valence-corrected chi connectivity index (χ4v) is 12.6. The normalized spacial score (nSPS) is 12.8. The van der Waals surface area contributed by atoms with Gasteiger partial charge in [0.05, 0.1) is 0 Å². The summed E-state index contributed by atoms with van der Waals surface area (Å²) in [4.78, 5) is 2.81. The first-order valence-corrected chi connectivity index (χ1v) is 13.1. The Kier molecular flexibility index (Phi) is 7.85. The van der Waals surface area contributed by atoms with Crippen LogP contribution in [0, 0.1) is 13.8 Å². The van der Waals surface area contributed by atoms with Gasteiger partial charge in [-0.3, -0.25) is 0 Å². The molecule has 2 rings (SSSR count). The van der Waals surface area contributed by atoms with Gasteiger partial charge in [-0.05, 0) is 48.6 Å². The molecule has 138 valence electrons. The van der Waals surface area contributed by atoms with Crippen LogP contribution in [0.15, 0.2) is 58.3 Å². The second kappa shape index (κ2) is 9.43. The van der Waals surface area contributed by atoms with Crippen molar-refractivity contribution in [2.45, 2.75) is 61.8 Å². The summed E-state index contributed by atoms with van der Waals surface area (Å²) >= 11 is 4.11. The summed E-state index contributed by atoms with van der Waals surface area (Å²) in [7, 11) is -0.720. The third-order valence-corrected chi connectivity index (χ3v) is 14.2. The Morgan fingerprint density at radius 1 is 0.640 bits per heavy atom. The maximum absolute atomic E-state index is 2.43. The number of benzene rings is 2. The van der Waals surface area contributed by atoms with Crippen molar-refractivity contribution in [3.63, 3.8) is 0 Å². The highest BCUT2D eigenvalue weighted by Gasteiger charge is 2.31. The van der Waals surface area contributed by atoms with E-state index in [1.807, 2.05) is 0 Å². The van der Waals surface area contributed by atoms with Crippen LogP contribution in [-0.4, -0.2) is 20.7 Å². The number of thioether (sulfide) groups is 2. The Morgan fingerprint density at radius 3 is 1.24 bits per heavy atom. The molecular formula is C22H32S3. The quantitative estimate of drug-likeness (QED) is 0.422. The smallest absolute Gasteiger partial charge is 0.0294 e. The molecule has 0 spiro atoms. The molecule has 2 aromatic rings. The summed E-state index contributed by atoms with van der Waals surface area (Å²) in [6, 6.07) is 18.0. The van der Waals surface area contributed by atoms with Gasteiger partial charge in [0, 0.05) is 20.0 Å². The molecule has 25 heavy (non-hydrogen) atoms. The summed E-state index contributed by atoms with van der Waals surface area (Å²) in [5.74, 6) is 0. The van der Waals surface area contributed by atoms with Gasteiger partial charge in [0.15, 0.2) is 0 Å². The number of hydrogen-bond acceptors (Lipinski definition) is 2. The van der Waals surface area contributed by atoms with E-state index in [9.17, 15) is 0 Å². The number of rotatable bonds is 8. The molecule has 0 aliphatic rings. The lowest BCUT2D eigenvalue weighted by molar-refractivity contribution is 1.01. The Hall–Kier alpha value is -0.510. The van der Waals surface area contributed by atoms with E-state index in [0.29, 0.717) is 0 Å². The standard InChI is InChI=1S/C22H32S3/c1-17(2)25(18(3)4,15-23-21-11-7-19(5)8-12-21)16-24-22-13-9-20(6)10-14-22/h7-14,17-18H,15-16H2,1-6H3.